The highest BCUT2D eigenvalue weighted by atomic mass is 35.5. The number of nitrogens with one attached hydrogen (secondary N) is 1. The van der Waals surface area contributed by atoms with E-state index in [4.69, 9.17) is 11.6 Å². The van der Waals surface area contributed by atoms with Gasteiger partial charge in [-0.15, -0.1) is 0 Å². The average molecular weight is 269 g/mol. The molecule has 18 heavy (non-hydrogen) atoms. The molecule has 1 aliphatic heterocycles. The number of likely N-dealkylation sites (N-methyl/N-ethyl adjacent to an activating group) is 1. The maximum Gasteiger partial charge on any atom is 0.222 e. The van der Waals surface area contributed by atoms with E-state index in [1.807, 2.05) is 7.05 Å². The second-order valence-electron chi connectivity index (χ2n) is 4.66. The summed E-state index contributed by atoms with van der Waals surface area (Å²) in [5.74, 6) is 0.436. The fourth-order valence-electron chi connectivity index (χ4n) is 2.13. The van der Waals surface area contributed by atoms with Gasteiger partial charge in [-0.1, -0.05) is 11.6 Å². The summed E-state index contributed by atoms with van der Waals surface area (Å²) in [6.07, 6.45) is 1.42. The van der Waals surface area contributed by atoms with Crippen molar-refractivity contribution in [3.8, 4) is 5.75 Å². The number of aromatic hydroxyl groups is 1. The van der Waals surface area contributed by atoms with Gasteiger partial charge in [-0.25, -0.2) is 0 Å². The van der Waals surface area contributed by atoms with Crippen LogP contribution in [0.3, 0.4) is 0 Å². The summed E-state index contributed by atoms with van der Waals surface area (Å²) >= 11 is 5.89. The molecule has 1 unspecified atom stereocenters. The number of carbonyl (C=O) groups is 1. The molecule has 0 aromatic heterocycles. The Balaban J connectivity index is 1.91. The van der Waals surface area contributed by atoms with Crippen molar-refractivity contribution in [3.05, 3.63) is 28.8 Å². The predicted molar refractivity (Wildman–Crippen MR) is 70.6 cm³/mol. The van der Waals surface area contributed by atoms with Gasteiger partial charge in [-0.2, -0.15) is 0 Å². The van der Waals surface area contributed by atoms with Gasteiger partial charge in [0.25, 0.3) is 0 Å². The summed E-state index contributed by atoms with van der Waals surface area (Å²) in [4.78, 5) is 13.1. The van der Waals surface area contributed by atoms with Gasteiger partial charge in [0.2, 0.25) is 5.91 Å². The zero-order valence-electron chi connectivity index (χ0n) is 10.3. The van der Waals surface area contributed by atoms with E-state index < -0.39 is 0 Å². The van der Waals surface area contributed by atoms with Gasteiger partial charge in [0, 0.05) is 43.2 Å². The highest BCUT2D eigenvalue weighted by Gasteiger charge is 2.22. The maximum absolute atomic E-state index is 11.4. The Kier molecular flexibility index (Phi) is 4.09. The predicted octanol–water partition coefficient (Wildman–Crippen LogP) is 1.76. The molecule has 0 radical (unpaired) electrons. The van der Waals surface area contributed by atoms with Crippen LogP contribution in [0, 0.1) is 0 Å². The molecule has 1 atom stereocenters. The Morgan fingerprint density at radius 2 is 2.33 bits per heavy atom. The third-order valence-electron chi connectivity index (χ3n) is 3.25. The highest BCUT2D eigenvalue weighted by molar-refractivity contribution is 6.30. The van der Waals surface area contributed by atoms with Gasteiger partial charge in [0.1, 0.15) is 5.75 Å². The van der Waals surface area contributed by atoms with Crippen molar-refractivity contribution in [2.24, 2.45) is 0 Å². The molecule has 0 saturated carbocycles. The van der Waals surface area contributed by atoms with E-state index in [0.717, 1.165) is 12.0 Å². The van der Waals surface area contributed by atoms with Crippen LogP contribution in [0.2, 0.25) is 5.02 Å². The molecule has 0 bridgehead atoms. The van der Waals surface area contributed by atoms with Crippen molar-refractivity contribution >= 4 is 17.5 Å². The van der Waals surface area contributed by atoms with E-state index in [-0.39, 0.29) is 17.7 Å². The van der Waals surface area contributed by atoms with Crippen LogP contribution in [0.15, 0.2) is 18.2 Å². The largest absolute Gasteiger partial charge is 0.508 e. The second kappa shape index (κ2) is 5.59. The molecule has 1 saturated heterocycles. The van der Waals surface area contributed by atoms with Crippen LogP contribution >= 0.6 is 11.6 Å². The number of piperidine rings is 1. The normalized spacial score (nSPS) is 20.2. The number of phenolic OH excluding ortho intramolecular Hbond substituents is 1. The molecule has 5 heteroatoms. The van der Waals surface area contributed by atoms with Crippen molar-refractivity contribution in [2.75, 3.05) is 13.6 Å². The lowest BCUT2D eigenvalue weighted by Crippen LogP contribution is -2.46. The summed E-state index contributed by atoms with van der Waals surface area (Å²) in [5.41, 5.74) is 0.780. The molecular formula is C13H17ClN2O2. The zero-order chi connectivity index (χ0) is 13.1. The summed E-state index contributed by atoms with van der Waals surface area (Å²) in [7, 11) is 1.81. The van der Waals surface area contributed by atoms with Crippen LogP contribution < -0.4 is 5.32 Å². The van der Waals surface area contributed by atoms with Crippen molar-refractivity contribution in [1.82, 2.24) is 10.2 Å². The third-order valence-corrected chi connectivity index (χ3v) is 3.48. The van der Waals surface area contributed by atoms with Crippen LogP contribution in [0.25, 0.3) is 0 Å². The van der Waals surface area contributed by atoms with E-state index in [1.165, 1.54) is 0 Å². The van der Waals surface area contributed by atoms with E-state index >= 15 is 0 Å². The van der Waals surface area contributed by atoms with Crippen LogP contribution in [0.4, 0.5) is 0 Å². The molecule has 1 aliphatic rings. The number of carbonyl (C=O) groups excluding carboxylic acids is 1. The molecule has 1 aromatic carbocycles. The molecule has 1 amide bonds. The lowest BCUT2D eigenvalue weighted by Gasteiger charge is -2.30. The Morgan fingerprint density at radius 3 is 3.06 bits per heavy atom. The average Bonchev–Trinajstić information content (AvgIpc) is 2.34. The van der Waals surface area contributed by atoms with Gasteiger partial charge >= 0.3 is 0 Å². The second-order valence-corrected chi connectivity index (χ2v) is 5.10. The zero-order valence-corrected chi connectivity index (χ0v) is 11.1. The number of halogens is 1. The van der Waals surface area contributed by atoms with Crippen molar-refractivity contribution in [2.45, 2.75) is 25.4 Å². The number of nitrogens with zero attached hydrogens (tertiary/aromatic N) is 1. The third kappa shape index (κ3) is 3.15. The van der Waals surface area contributed by atoms with Gasteiger partial charge in [0.05, 0.1) is 0 Å². The first kappa shape index (κ1) is 13.2. The Morgan fingerprint density at radius 1 is 1.56 bits per heavy atom. The Hall–Kier alpha value is -1.26. The van der Waals surface area contributed by atoms with Crippen LogP contribution in [0.5, 0.6) is 5.75 Å². The molecular weight excluding hydrogens is 252 g/mol. The molecule has 0 spiro atoms. The molecule has 4 nitrogen and oxygen atoms in total. The first-order chi connectivity index (χ1) is 8.56. The fraction of sp³-hybridized carbons (Fsp3) is 0.462. The smallest absolute Gasteiger partial charge is 0.222 e. The molecule has 98 valence electrons. The van der Waals surface area contributed by atoms with E-state index in [0.29, 0.717) is 24.5 Å². The van der Waals surface area contributed by atoms with Crippen molar-refractivity contribution < 1.29 is 9.90 Å². The van der Waals surface area contributed by atoms with Crippen LogP contribution in [-0.2, 0) is 11.3 Å². The first-order valence-electron chi connectivity index (χ1n) is 6.01. The summed E-state index contributed by atoms with van der Waals surface area (Å²) in [5, 5.41) is 13.7. The number of benzene rings is 1. The maximum atomic E-state index is 11.4. The SMILES string of the molecule is CN1CC(NCc2cc(Cl)ccc2O)CCC1=O. The van der Waals surface area contributed by atoms with Gasteiger partial charge in [-0.05, 0) is 24.6 Å². The lowest BCUT2D eigenvalue weighted by atomic mass is 10.1. The van der Waals surface area contributed by atoms with E-state index in [9.17, 15) is 9.90 Å². The molecule has 0 aliphatic carbocycles. The summed E-state index contributed by atoms with van der Waals surface area (Å²) in [6.45, 7) is 1.26. The minimum absolute atomic E-state index is 0.193. The Labute approximate surface area is 112 Å². The molecule has 1 fully saturated rings. The van der Waals surface area contributed by atoms with Crippen molar-refractivity contribution in [1.29, 1.82) is 0 Å². The summed E-state index contributed by atoms with van der Waals surface area (Å²) in [6, 6.07) is 5.27. The molecule has 1 heterocycles. The monoisotopic (exact) mass is 268 g/mol. The van der Waals surface area contributed by atoms with Gasteiger partial charge in [0.15, 0.2) is 0 Å². The minimum Gasteiger partial charge on any atom is -0.508 e. The summed E-state index contributed by atoms with van der Waals surface area (Å²) < 4.78 is 0. The van der Waals surface area contributed by atoms with Crippen LogP contribution in [-0.4, -0.2) is 35.5 Å². The lowest BCUT2D eigenvalue weighted by molar-refractivity contribution is -0.132. The molecule has 2 N–H and O–H groups in total. The highest BCUT2D eigenvalue weighted by Crippen LogP contribution is 2.21. The quantitative estimate of drug-likeness (QED) is 0.878. The van der Waals surface area contributed by atoms with Crippen LogP contribution in [0.1, 0.15) is 18.4 Å². The number of rotatable bonds is 3. The topological polar surface area (TPSA) is 52.6 Å². The number of hydrogen-bond donors (Lipinski definition) is 2. The standard InChI is InChI=1S/C13H17ClN2O2/c1-16-8-11(3-5-13(16)18)15-7-9-6-10(14)2-4-12(9)17/h2,4,6,11,15,17H,3,5,7-8H2,1H3. The first-order valence-corrected chi connectivity index (χ1v) is 6.39. The molecule has 1 aromatic rings. The van der Waals surface area contributed by atoms with Gasteiger partial charge in [-0.3, -0.25) is 4.79 Å². The molecule has 2 rings (SSSR count). The van der Waals surface area contributed by atoms with E-state index in [1.54, 1.807) is 23.1 Å². The van der Waals surface area contributed by atoms with E-state index in [2.05, 4.69) is 5.32 Å². The number of amides is 1. The number of hydrogen-bond acceptors (Lipinski definition) is 3. The van der Waals surface area contributed by atoms with Gasteiger partial charge < -0.3 is 15.3 Å². The fourth-order valence-corrected chi connectivity index (χ4v) is 2.32. The number of likely N-dealkylation sites (tertiary alicyclic amines) is 1. The minimum atomic E-state index is 0.193. The number of phenols is 1. The van der Waals surface area contributed by atoms with Crippen molar-refractivity contribution in [3.63, 3.8) is 0 Å². The Bertz CT molecular complexity index is 451.